The smallest absolute Gasteiger partial charge is 0.186 e. The Morgan fingerprint density at radius 3 is 1.98 bits per heavy atom. The molecule has 0 saturated heterocycles. The van der Waals surface area contributed by atoms with Crippen LogP contribution in [0.3, 0.4) is 0 Å². The highest BCUT2D eigenvalue weighted by atomic mass is 31.2. The summed E-state index contributed by atoms with van der Waals surface area (Å²) >= 11 is 0. The molecular formula is C35H25N2O2P. The number of aryl methyl sites for hydroxylation is 5. The average Bonchev–Trinajstić information content (AvgIpc) is 3.42. The fourth-order valence-electron chi connectivity index (χ4n) is 8.18. The number of fused-ring (bicyclic) bond motifs is 8. The van der Waals surface area contributed by atoms with Crippen molar-refractivity contribution in [2.24, 2.45) is 0 Å². The Balaban J connectivity index is 1.58. The van der Waals surface area contributed by atoms with E-state index in [0.717, 1.165) is 77.5 Å². The van der Waals surface area contributed by atoms with E-state index in [-0.39, 0.29) is 0 Å². The molecule has 0 fully saturated rings. The van der Waals surface area contributed by atoms with Crippen molar-refractivity contribution in [1.82, 2.24) is 9.13 Å². The van der Waals surface area contributed by atoms with Crippen LogP contribution in [-0.2, 0) is 4.57 Å². The summed E-state index contributed by atoms with van der Waals surface area (Å²) in [4.78, 5) is 0. The van der Waals surface area contributed by atoms with Crippen molar-refractivity contribution in [3.05, 3.63) is 88.5 Å². The van der Waals surface area contributed by atoms with E-state index < -0.39 is 7.14 Å². The Morgan fingerprint density at radius 2 is 1.25 bits per heavy atom. The van der Waals surface area contributed by atoms with Crippen molar-refractivity contribution in [2.45, 2.75) is 34.6 Å². The van der Waals surface area contributed by atoms with Gasteiger partial charge in [-0.3, -0.25) is 0 Å². The van der Waals surface area contributed by atoms with Gasteiger partial charge in [0.2, 0.25) is 0 Å². The minimum Gasteiger partial charge on any atom is -0.456 e. The molecule has 4 nitrogen and oxygen atoms in total. The highest BCUT2D eigenvalue weighted by Crippen LogP contribution is 2.62. The van der Waals surface area contributed by atoms with Gasteiger partial charge in [-0.25, -0.2) is 0 Å². The first-order valence-corrected chi connectivity index (χ1v) is 15.6. The van der Waals surface area contributed by atoms with Crippen LogP contribution >= 0.6 is 7.14 Å². The Labute approximate surface area is 230 Å². The third-order valence-corrected chi connectivity index (χ3v) is 12.8. The summed E-state index contributed by atoms with van der Waals surface area (Å²) in [5.41, 5.74) is 12.4. The van der Waals surface area contributed by atoms with Crippen LogP contribution in [0, 0.1) is 34.6 Å². The van der Waals surface area contributed by atoms with Crippen LogP contribution in [0.2, 0.25) is 0 Å². The highest BCUT2D eigenvalue weighted by molar-refractivity contribution is 7.87. The topological polar surface area (TPSA) is 36.2 Å². The molecule has 0 amide bonds. The van der Waals surface area contributed by atoms with E-state index in [4.69, 9.17) is 4.74 Å². The lowest BCUT2D eigenvalue weighted by atomic mass is 10.0. The molecule has 3 aliphatic heterocycles. The first-order chi connectivity index (χ1) is 19.3. The van der Waals surface area contributed by atoms with Crippen molar-refractivity contribution in [2.75, 3.05) is 0 Å². The predicted octanol–water partition coefficient (Wildman–Crippen LogP) is 7.79. The SMILES string of the molecule is Cc1cc2c3c(c1)-n1c4cccc(C)c4c4c(C)cc5c(c41)P3(=O)c1c(cc(C)c3c4cc(C)ccc4n-2c13)O5. The first kappa shape index (κ1) is 21.5. The largest absolute Gasteiger partial charge is 0.456 e. The standard InChI is InChI=1S/C35H25N2O2P/c1-16-9-10-22-21(11-16)28-19(4)14-26-34-31(28)36(22)24-12-17(2)13-25-33(24)40(34,38)35-27(39-26)15-20(5)30-29-18(3)7-6-8-23(29)37(25)32(30)35/h6-15H,1-5H3. The molecule has 40 heavy (non-hydrogen) atoms. The second-order valence-electron chi connectivity index (χ2n) is 12.1. The van der Waals surface area contributed by atoms with Crippen LogP contribution in [0.4, 0.5) is 0 Å². The second kappa shape index (κ2) is 6.37. The minimum atomic E-state index is -3.28. The number of benzene rings is 5. The van der Waals surface area contributed by atoms with Crippen molar-refractivity contribution in [1.29, 1.82) is 0 Å². The van der Waals surface area contributed by atoms with Crippen LogP contribution in [-0.4, -0.2) is 9.13 Å². The molecule has 2 aromatic heterocycles. The molecule has 5 aromatic carbocycles. The lowest BCUT2D eigenvalue weighted by Gasteiger charge is -2.39. The molecule has 1 unspecified atom stereocenters. The molecule has 0 saturated carbocycles. The third kappa shape index (κ3) is 2.05. The summed E-state index contributed by atoms with van der Waals surface area (Å²) < 4.78 is 27.9. The molecule has 1 atom stereocenters. The van der Waals surface area contributed by atoms with Gasteiger partial charge in [-0.1, -0.05) is 23.8 Å². The molecule has 3 aliphatic rings. The number of aromatic nitrogens is 2. The van der Waals surface area contributed by atoms with Crippen LogP contribution in [0.25, 0.3) is 55.0 Å². The lowest BCUT2D eigenvalue weighted by Crippen LogP contribution is -2.41. The maximum absolute atomic E-state index is 16.3. The summed E-state index contributed by atoms with van der Waals surface area (Å²) in [7, 11) is -3.28. The average molecular weight is 537 g/mol. The minimum absolute atomic E-state index is 0.735. The molecule has 0 aliphatic carbocycles. The Kier molecular flexibility index (Phi) is 3.43. The number of hydrogen-bond donors (Lipinski definition) is 0. The first-order valence-electron chi connectivity index (χ1n) is 13.9. The van der Waals surface area contributed by atoms with Gasteiger partial charge < -0.3 is 18.4 Å². The molecule has 5 heterocycles. The van der Waals surface area contributed by atoms with Gasteiger partial charge in [0.05, 0.1) is 49.4 Å². The molecule has 0 spiro atoms. The van der Waals surface area contributed by atoms with Gasteiger partial charge in [0, 0.05) is 21.5 Å². The normalized spacial score (nSPS) is 17.5. The maximum atomic E-state index is 16.3. The van der Waals surface area contributed by atoms with Crippen molar-refractivity contribution >= 4 is 66.7 Å². The van der Waals surface area contributed by atoms with Gasteiger partial charge in [-0.05, 0) is 99.3 Å². The predicted molar refractivity (Wildman–Crippen MR) is 165 cm³/mol. The summed E-state index contributed by atoms with van der Waals surface area (Å²) in [6.45, 7) is 10.8. The molecule has 5 heteroatoms. The maximum Gasteiger partial charge on any atom is 0.186 e. The second-order valence-corrected chi connectivity index (χ2v) is 14.6. The number of rotatable bonds is 0. The summed E-state index contributed by atoms with van der Waals surface area (Å²) in [6, 6.07) is 21.9. The Hall–Kier alpha value is -4.27. The van der Waals surface area contributed by atoms with E-state index in [1.165, 1.54) is 32.7 Å². The van der Waals surface area contributed by atoms with Crippen LogP contribution < -0.4 is 20.7 Å². The van der Waals surface area contributed by atoms with Gasteiger partial charge in [-0.2, -0.15) is 0 Å². The third-order valence-electron chi connectivity index (χ3n) is 9.58. The van der Waals surface area contributed by atoms with Crippen molar-refractivity contribution in [3.8, 4) is 22.9 Å². The molecule has 0 N–H and O–H groups in total. The number of ether oxygens (including phenoxy) is 1. The number of hydrogen-bond acceptors (Lipinski definition) is 2. The fraction of sp³-hybridized carbons (Fsp3) is 0.143. The van der Waals surface area contributed by atoms with Crippen LogP contribution in [0.1, 0.15) is 27.8 Å². The zero-order chi connectivity index (χ0) is 27.0. The summed E-state index contributed by atoms with van der Waals surface area (Å²) in [5, 5.41) is 7.48. The van der Waals surface area contributed by atoms with Crippen LogP contribution in [0.5, 0.6) is 11.5 Å². The lowest BCUT2D eigenvalue weighted by molar-refractivity contribution is 0.485. The van der Waals surface area contributed by atoms with E-state index in [9.17, 15) is 0 Å². The zero-order valence-corrected chi connectivity index (χ0v) is 23.8. The summed E-state index contributed by atoms with van der Waals surface area (Å²) in [5.74, 6) is 1.47. The monoisotopic (exact) mass is 536 g/mol. The van der Waals surface area contributed by atoms with E-state index in [0.29, 0.717) is 0 Å². The Bertz CT molecular complexity index is 2490. The van der Waals surface area contributed by atoms with Gasteiger partial charge in [0.1, 0.15) is 11.5 Å². The van der Waals surface area contributed by atoms with Gasteiger partial charge >= 0.3 is 0 Å². The van der Waals surface area contributed by atoms with Crippen LogP contribution in [0.15, 0.2) is 60.7 Å². The van der Waals surface area contributed by atoms with E-state index in [1.807, 2.05) is 0 Å². The zero-order valence-electron chi connectivity index (χ0n) is 22.9. The molecule has 192 valence electrons. The molecule has 0 radical (unpaired) electrons. The van der Waals surface area contributed by atoms with E-state index in [2.05, 4.69) is 104 Å². The fourth-order valence-corrected chi connectivity index (χ4v) is 11.7. The molecule has 7 aromatic rings. The van der Waals surface area contributed by atoms with Gasteiger partial charge in [0.15, 0.2) is 7.14 Å². The van der Waals surface area contributed by atoms with Crippen molar-refractivity contribution < 1.29 is 9.30 Å². The molecular weight excluding hydrogens is 511 g/mol. The Morgan fingerprint density at radius 1 is 0.600 bits per heavy atom. The summed E-state index contributed by atoms with van der Waals surface area (Å²) in [6.07, 6.45) is 0. The quantitative estimate of drug-likeness (QED) is 0.186. The van der Waals surface area contributed by atoms with Gasteiger partial charge in [0.25, 0.3) is 0 Å². The van der Waals surface area contributed by atoms with E-state index in [1.54, 1.807) is 0 Å². The molecule has 10 rings (SSSR count). The van der Waals surface area contributed by atoms with Gasteiger partial charge in [-0.15, -0.1) is 0 Å². The van der Waals surface area contributed by atoms with E-state index >= 15 is 4.57 Å². The van der Waals surface area contributed by atoms with Crippen molar-refractivity contribution in [3.63, 3.8) is 0 Å². The molecule has 0 bridgehead atoms. The highest BCUT2D eigenvalue weighted by Gasteiger charge is 2.52. The number of nitrogens with zero attached hydrogens (tertiary/aromatic N) is 2.